The highest BCUT2D eigenvalue weighted by molar-refractivity contribution is 6.34. The topological polar surface area (TPSA) is 9.23 Å². The average molecular weight is 226 g/mol. The third-order valence-electron chi connectivity index (χ3n) is 4.44. The van der Waals surface area contributed by atoms with Crippen LogP contribution in [0.25, 0.3) is 0 Å². The molecule has 1 nitrogen and oxygen atoms in total. The molecule has 0 bridgehead atoms. The van der Waals surface area contributed by atoms with Gasteiger partial charge in [0.2, 0.25) is 0 Å². The lowest BCUT2D eigenvalue weighted by Crippen LogP contribution is -2.12. The molecule has 3 rings (SSSR count). The van der Waals surface area contributed by atoms with Crippen molar-refractivity contribution in [3.05, 3.63) is 22.8 Å². The van der Waals surface area contributed by atoms with Crippen molar-refractivity contribution < 1.29 is 4.74 Å². The van der Waals surface area contributed by atoms with Gasteiger partial charge < -0.3 is 4.74 Å². The minimum absolute atomic E-state index is 0.485. The van der Waals surface area contributed by atoms with E-state index in [2.05, 4.69) is 26.8 Å². The molecule has 1 aromatic carbocycles. The zero-order valence-electron chi connectivity index (χ0n) is 10.9. The van der Waals surface area contributed by atoms with Gasteiger partial charge in [0.05, 0.1) is 6.61 Å². The van der Waals surface area contributed by atoms with Crippen LogP contribution in [0.3, 0.4) is 0 Å². The highest BCUT2D eigenvalue weighted by atomic mass is 16.5. The quantitative estimate of drug-likeness (QED) is 0.704. The molecule has 0 amide bonds. The Kier molecular flexibility index (Phi) is 2.50. The van der Waals surface area contributed by atoms with Crippen LogP contribution in [0.4, 0.5) is 0 Å². The van der Waals surface area contributed by atoms with Gasteiger partial charge in [-0.25, -0.2) is 0 Å². The fourth-order valence-electron chi connectivity index (χ4n) is 3.19. The third kappa shape index (κ3) is 1.69. The van der Waals surface area contributed by atoms with Crippen molar-refractivity contribution in [1.29, 1.82) is 0 Å². The summed E-state index contributed by atoms with van der Waals surface area (Å²) in [5.41, 5.74) is 5.05. The van der Waals surface area contributed by atoms with Crippen molar-refractivity contribution in [3.8, 4) is 5.75 Å². The van der Waals surface area contributed by atoms with E-state index in [1.807, 2.05) is 0 Å². The average Bonchev–Trinajstić information content (AvgIpc) is 3.06. The molecule has 0 saturated heterocycles. The molecule has 2 heteroatoms. The highest BCUT2D eigenvalue weighted by Crippen LogP contribution is 2.45. The summed E-state index contributed by atoms with van der Waals surface area (Å²) in [7, 11) is 6.14. The van der Waals surface area contributed by atoms with Gasteiger partial charge in [0.15, 0.2) is 0 Å². The molecule has 2 aliphatic rings. The van der Waals surface area contributed by atoms with Gasteiger partial charge in [0.25, 0.3) is 0 Å². The van der Waals surface area contributed by atoms with E-state index in [0.717, 1.165) is 23.7 Å². The van der Waals surface area contributed by atoms with Gasteiger partial charge in [-0.3, -0.25) is 0 Å². The minimum Gasteiger partial charge on any atom is -0.493 e. The number of ether oxygens (including phenoxy) is 1. The Morgan fingerprint density at radius 3 is 2.76 bits per heavy atom. The van der Waals surface area contributed by atoms with Crippen LogP contribution >= 0.6 is 0 Å². The van der Waals surface area contributed by atoms with Crippen LogP contribution in [0.15, 0.2) is 6.07 Å². The second-order valence-corrected chi connectivity index (χ2v) is 5.76. The van der Waals surface area contributed by atoms with Crippen molar-refractivity contribution in [3.63, 3.8) is 0 Å². The van der Waals surface area contributed by atoms with Crippen LogP contribution in [0, 0.1) is 12.8 Å². The second kappa shape index (κ2) is 3.79. The van der Waals surface area contributed by atoms with E-state index < -0.39 is 0 Å². The van der Waals surface area contributed by atoms with Crippen molar-refractivity contribution >= 4 is 13.3 Å². The molecule has 1 fully saturated rings. The van der Waals surface area contributed by atoms with Gasteiger partial charge in [-0.15, -0.1) is 0 Å². The predicted octanol–water partition coefficient (Wildman–Crippen LogP) is 2.80. The molecule has 2 unspecified atom stereocenters. The maximum Gasteiger partial charge on any atom is 0.119 e. The van der Waals surface area contributed by atoms with Gasteiger partial charge in [0, 0.05) is 11.5 Å². The number of fused-ring (bicyclic) bond motifs is 1. The fraction of sp³-hybridized carbons (Fsp3) is 0.600. The molecular formula is C15H19BO. The van der Waals surface area contributed by atoms with Gasteiger partial charge in [-0.05, 0) is 42.7 Å². The molecule has 1 aromatic rings. The maximum atomic E-state index is 6.14. The first-order valence-corrected chi connectivity index (χ1v) is 6.65. The van der Waals surface area contributed by atoms with E-state index in [4.69, 9.17) is 12.6 Å². The van der Waals surface area contributed by atoms with E-state index in [1.165, 1.54) is 29.5 Å². The van der Waals surface area contributed by atoms with Gasteiger partial charge >= 0.3 is 0 Å². The van der Waals surface area contributed by atoms with E-state index in [1.54, 1.807) is 0 Å². The fourth-order valence-corrected chi connectivity index (χ4v) is 3.19. The lowest BCUT2D eigenvalue weighted by atomic mass is 9.80. The molecule has 1 saturated carbocycles. The molecule has 0 aromatic heterocycles. The Hall–Kier alpha value is -0.915. The zero-order valence-corrected chi connectivity index (χ0v) is 10.9. The molecule has 2 radical (unpaired) electrons. The molecule has 0 N–H and O–H groups in total. The molecular weight excluding hydrogens is 207 g/mol. The molecule has 2 atom stereocenters. The summed E-state index contributed by atoms with van der Waals surface area (Å²) in [6.07, 6.45) is 2.76. The Labute approximate surface area is 105 Å². The molecule has 1 aliphatic carbocycles. The minimum atomic E-state index is 0.485. The van der Waals surface area contributed by atoms with Crippen LogP contribution in [0.1, 0.15) is 55.2 Å². The SMILES string of the molecule is [B]c1cc(C(C)C2CC2)c(C)c2c1OCC2C. The van der Waals surface area contributed by atoms with E-state index >= 15 is 0 Å². The summed E-state index contributed by atoms with van der Waals surface area (Å²) >= 11 is 0. The summed E-state index contributed by atoms with van der Waals surface area (Å²) in [6, 6.07) is 2.15. The van der Waals surface area contributed by atoms with Crippen LogP contribution in [-0.2, 0) is 0 Å². The summed E-state index contributed by atoms with van der Waals surface area (Å²) in [4.78, 5) is 0. The first kappa shape index (κ1) is 11.2. The molecule has 17 heavy (non-hydrogen) atoms. The summed E-state index contributed by atoms with van der Waals surface area (Å²) in [6.45, 7) is 7.58. The van der Waals surface area contributed by atoms with Crippen molar-refractivity contribution in [2.45, 2.75) is 45.4 Å². The molecule has 1 aliphatic heterocycles. The van der Waals surface area contributed by atoms with E-state index in [9.17, 15) is 0 Å². The lowest BCUT2D eigenvalue weighted by Gasteiger charge is -2.19. The first-order valence-electron chi connectivity index (χ1n) is 6.65. The number of hydrogen-bond acceptors (Lipinski definition) is 1. The highest BCUT2D eigenvalue weighted by Gasteiger charge is 2.32. The van der Waals surface area contributed by atoms with Gasteiger partial charge in [0.1, 0.15) is 13.6 Å². The Morgan fingerprint density at radius 1 is 1.41 bits per heavy atom. The van der Waals surface area contributed by atoms with E-state index in [-0.39, 0.29) is 0 Å². The number of benzene rings is 1. The summed E-state index contributed by atoms with van der Waals surface area (Å²) in [5.74, 6) is 2.96. The monoisotopic (exact) mass is 226 g/mol. The molecule has 88 valence electrons. The lowest BCUT2D eigenvalue weighted by molar-refractivity contribution is 0.339. The smallest absolute Gasteiger partial charge is 0.119 e. The Balaban J connectivity index is 2.11. The summed E-state index contributed by atoms with van der Waals surface area (Å²) in [5, 5.41) is 0. The first-order chi connectivity index (χ1) is 8.09. The van der Waals surface area contributed by atoms with Crippen LogP contribution in [-0.4, -0.2) is 14.5 Å². The molecule has 0 spiro atoms. The largest absolute Gasteiger partial charge is 0.493 e. The molecule has 1 heterocycles. The van der Waals surface area contributed by atoms with E-state index in [0.29, 0.717) is 11.8 Å². The van der Waals surface area contributed by atoms with Crippen LogP contribution in [0.2, 0.25) is 0 Å². The Morgan fingerprint density at radius 2 is 2.12 bits per heavy atom. The van der Waals surface area contributed by atoms with Crippen molar-refractivity contribution in [2.24, 2.45) is 5.92 Å². The van der Waals surface area contributed by atoms with Gasteiger partial charge in [-0.2, -0.15) is 0 Å². The van der Waals surface area contributed by atoms with Crippen molar-refractivity contribution in [2.75, 3.05) is 6.61 Å². The van der Waals surface area contributed by atoms with Crippen molar-refractivity contribution in [1.82, 2.24) is 0 Å². The Bertz CT molecular complexity index is 462. The number of hydrogen-bond donors (Lipinski definition) is 0. The second-order valence-electron chi connectivity index (χ2n) is 5.76. The predicted molar refractivity (Wildman–Crippen MR) is 71.6 cm³/mol. The zero-order chi connectivity index (χ0) is 12.2. The number of rotatable bonds is 2. The van der Waals surface area contributed by atoms with Crippen LogP contribution < -0.4 is 10.2 Å². The standard InChI is InChI=1S/C15H19BO/c1-8-7-17-15-13(16)6-12(10(3)14(8)15)9(2)11-4-5-11/h6,8-9,11H,4-5,7H2,1-3H3. The third-order valence-corrected chi connectivity index (χ3v) is 4.44. The summed E-state index contributed by atoms with van der Waals surface area (Å²) < 4.78 is 5.71. The maximum absolute atomic E-state index is 6.14. The van der Waals surface area contributed by atoms with Gasteiger partial charge in [-0.1, -0.05) is 25.4 Å². The normalized spacial score (nSPS) is 24.3. The van der Waals surface area contributed by atoms with Crippen LogP contribution in [0.5, 0.6) is 5.75 Å².